The number of ether oxygens (including phenoxy) is 2. The molecule has 0 spiro atoms. The summed E-state index contributed by atoms with van der Waals surface area (Å²) < 4.78 is 11.5. The Bertz CT molecular complexity index is 689. The van der Waals surface area contributed by atoms with Gasteiger partial charge in [0, 0.05) is 11.6 Å². The van der Waals surface area contributed by atoms with E-state index in [0.717, 1.165) is 5.56 Å². The summed E-state index contributed by atoms with van der Waals surface area (Å²) in [6.45, 7) is 2.17. The first-order valence-electron chi connectivity index (χ1n) is 7.08. The SMILES string of the molecule is CC1Oc2ccccc2OC1C(=O)NCc1ccccc1Cl. The Morgan fingerprint density at radius 1 is 1.09 bits per heavy atom. The van der Waals surface area contributed by atoms with Crippen molar-refractivity contribution < 1.29 is 14.3 Å². The summed E-state index contributed by atoms with van der Waals surface area (Å²) in [5.41, 5.74) is 0.863. The fourth-order valence-electron chi connectivity index (χ4n) is 2.33. The topological polar surface area (TPSA) is 47.6 Å². The molecule has 1 aliphatic heterocycles. The Kier molecular flexibility index (Phi) is 4.20. The Balaban J connectivity index is 1.67. The molecule has 1 aliphatic rings. The van der Waals surface area contributed by atoms with E-state index in [1.165, 1.54) is 0 Å². The van der Waals surface area contributed by atoms with E-state index in [1.807, 2.05) is 43.3 Å². The Labute approximate surface area is 134 Å². The lowest BCUT2D eigenvalue weighted by atomic mass is 10.1. The number of hydrogen-bond acceptors (Lipinski definition) is 3. The monoisotopic (exact) mass is 317 g/mol. The lowest BCUT2D eigenvalue weighted by Crippen LogP contribution is -2.48. The van der Waals surface area contributed by atoms with E-state index < -0.39 is 6.10 Å². The first-order chi connectivity index (χ1) is 10.6. The molecule has 114 valence electrons. The highest BCUT2D eigenvalue weighted by Gasteiger charge is 2.33. The normalized spacial score (nSPS) is 19.5. The summed E-state index contributed by atoms with van der Waals surface area (Å²) in [5, 5.41) is 3.47. The maximum atomic E-state index is 12.3. The van der Waals surface area contributed by atoms with Crippen LogP contribution in [0.3, 0.4) is 0 Å². The van der Waals surface area contributed by atoms with Crippen molar-refractivity contribution in [1.29, 1.82) is 0 Å². The van der Waals surface area contributed by atoms with Crippen molar-refractivity contribution >= 4 is 17.5 Å². The van der Waals surface area contributed by atoms with Crippen molar-refractivity contribution in [3.63, 3.8) is 0 Å². The van der Waals surface area contributed by atoms with Gasteiger partial charge in [0.2, 0.25) is 6.10 Å². The molecule has 1 heterocycles. The molecule has 1 amide bonds. The third-order valence-corrected chi connectivity index (χ3v) is 3.88. The van der Waals surface area contributed by atoms with Crippen LogP contribution in [0.4, 0.5) is 0 Å². The molecule has 5 heteroatoms. The number of fused-ring (bicyclic) bond motifs is 1. The zero-order valence-corrected chi connectivity index (χ0v) is 12.8. The van der Waals surface area contributed by atoms with E-state index in [0.29, 0.717) is 23.1 Å². The molecule has 0 radical (unpaired) electrons. The van der Waals surface area contributed by atoms with E-state index in [2.05, 4.69) is 5.32 Å². The van der Waals surface area contributed by atoms with Crippen LogP contribution in [0.1, 0.15) is 12.5 Å². The molecule has 2 aromatic rings. The van der Waals surface area contributed by atoms with Gasteiger partial charge in [0.1, 0.15) is 6.10 Å². The number of carbonyl (C=O) groups excluding carboxylic acids is 1. The number of nitrogens with one attached hydrogen (secondary N) is 1. The van der Waals surface area contributed by atoms with Crippen LogP contribution in [-0.2, 0) is 11.3 Å². The Hall–Kier alpha value is -2.20. The highest BCUT2D eigenvalue weighted by molar-refractivity contribution is 6.31. The summed E-state index contributed by atoms with van der Waals surface area (Å²) in [5.74, 6) is 1.02. The van der Waals surface area contributed by atoms with Gasteiger partial charge in [0.05, 0.1) is 0 Å². The molecule has 0 aliphatic carbocycles. The van der Waals surface area contributed by atoms with E-state index >= 15 is 0 Å². The predicted molar refractivity (Wildman–Crippen MR) is 84.2 cm³/mol. The van der Waals surface area contributed by atoms with Gasteiger partial charge in [-0.25, -0.2) is 0 Å². The quantitative estimate of drug-likeness (QED) is 0.945. The number of halogens is 1. The molecular weight excluding hydrogens is 302 g/mol. The van der Waals surface area contributed by atoms with Crippen LogP contribution in [0.2, 0.25) is 5.02 Å². The summed E-state index contributed by atoms with van der Waals surface area (Å²) in [7, 11) is 0. The molecule has 3 rings (SSSR count). The third kappa shape index (κ3) is 3.02. The van der Waals surface area contributed by atoms with Gasteiger partial charge >= 0.3 is 0 Å². The van der Waals surface area contributed by atoms with Crippen molar-refractivity contribution in [2.45, 2.75) is 25.7 Å². The number of benzene rings is 2. The van der Waals surface area contributed by atoms with Crippen molar-refractivity contribution in [2.75, 3.05) is 0 Å². The number of rotatable bonds is 3. The van der Waals surface area contributed by atoms with Crippen molar-refractivity contribution in [3.8, 4) is 11.5 Å². The van der Waals surface area contributed by atoms with Crippen molar-refractivity contribution in [1.82, 2.24) is 5.32 Å². The highest BCUT2D eigenvalue weighted by Crippen LogP contribution is 2.33. The fraction of sp³-hybridized carbons (Fsp3) is 0.235. The molecule has 2 unspecified atom stereocenters. The molecule has 0 saturated carbocycles. The van der Waals surface area contributed by atoms with Crippen LogP contribution in [0.5, 0.6) is 11.5 Å². The maximum absolute atomic E-state index is 12.3. The van der Waals surface area contributed by atoms with Gasteiger partial charge in [-0.05, 0) is 30.7 Å². The lowest BCUT2D eigenvalue weighted by molar-refractivity contribution is -0.133. The van der Waals surface area contributed by atoms with Crippen LogP contribution < -0.4 is 14.8 Å². The molecular formula is C17H16ClNO3. The number of para-hydroxylation sites is 2. The van der Waals surface area contributed by atoms with E-state index in [9.17, 15) is 4.79 Å². The van der Waals surface area contributed by atoms with Crippen LogP contribution in [0, 0.1) is 0 Å². The van der Waals surface area contributed by atoms with Gasteiger partial charge in [-0.3, -0.25) is 4.79 Å². The summed E-state index contributed by atoms with van der Waals surface area (Å²) >= 11 is 6.08. The maximum Gasteiger partial charge on any atom is 0.265 e. The average molecular weight is 318 g/mol. The highest BCUT2D eigenvalue weighted by atomic mass is 35.5. The zero-order valence-electron chi connectivity index (χ0n) is 12.1. The van der Waals surface area contributed by atoms with Gasteiger partial charge < -0.3 is 14.8 Å². The van der Waals surface area contributed by atoms with Crippen molar-refractivity contribution in [2.24, 2.45) is 0 Å². The van der Waals surface area contributed by atoms with E-state index in [4.69, 9.17) is 21.1 Å². The Morgan fingerprint density at radius 3 is 2.45 bits per heavy atom. The number of amides is 1. The molecule has 0 bridgehead atoms. The van der Waals surface area contributed by atoms with Gasteiger partial charge in [-0.1, -0.05) is 41.9 Å². The van der Waals surface area contributed by atoms with Crippen molar-refractivity contribution in [3.05, 3.63) is 59.1 Å². The molecule has 0 saturated heterocycles. The molecule has 2 atom stereocenters. The molecule has 4 nitrogen and oxygen atoms in total. The summed E-state index contributed by atoms with van der Waals surface area (Å²) in [6, 6.07) is 14.7. The zero-order chi connectivity index (χ0) is 15.5. The van der Waals surface area contributed by atoms with Crippen LogP contribution in [0.25, 0.3) is 0 Å². The third-order valence-electron chi connectivity index (χ3n) is 3.51. The molecule has 1 N–H and O–H groups in total. The minimum Gasteiger partial charge on any atom is -0.482 e. The van der Waals surface area contributed by atoms with Crippen LogP contribution >= 0.6 is 11.6 Å². The summed E-state index contributed by atoms with van der Waals surface area (Å²) in [6.07, 6.45) is -1.04. The second kappa shape index (κ2) is 6.28. The largest absolute Gasteiger partial charge is 0.482 e. The van der Waals surface area contributed by atoms with Gasteiger partial charge in [-0.2, -0.15) is 0 Å². The first-order valence-corrected chi connectivity index (χ1v) is 7.46. The number of carbonyl (C=O) groups is 1. The van der Waals surface area contributed by atoms with E-state index in [1.54, 1.807) is 12.1 Å². The summed E-state index contributed by atoms with van der Waals surface area (Å²) in [4.78, 5) is 12.3. The predicted octanol–water partition coefficient (Wildman–Crippen LogP) is 3.18. The average Bonchev–Trinajstić information content (AvgIpc) is 2.53. The lowest BCUT2D eigenvalue weighted by Gasteiger charge is -2.31. The first kappa shape index (κ1) is 14.7. The molecule has 0 aromatic heterocycles. The molecule has 2 aromatic carbocycles. The van der Waals surface area contributed by atoms with E-state index in [-0.39, 0.29) is 12.0 Å². The smallest absolute Gasteiger partial charge is 0.265 e. The standard InChI is InChI=1S/C17H16ClNO3/c1-11-16(22-15-9-5-4-8-14(15)21-11)17(20)19-10-12-6-2-3-7-13(12)18/h2-9,11,16H,10H2,1H3,(H,19,20). The number of hydrogen-bond donors (Lipinski definition) is 1. The fourth-order valence-corrected chi connectivity index (χ4v) is 2.53. The molecule has 0 fully saturated rings. The van der Waals surface area contributed by atoms with Gasteiger partial charge in [0.25, 0.3) is 5.91 Å². The molecule has 22 heavy (non-hydrogen) atoms. The van der Waals surface area contributed by atoms with Gasteiger partial charge in [-0.15, -0.1) is 0 Å². The minimum absolute atomic E-state index is 0.220. The minimum atomic E-state index is -0.683. The Morgan fingerprint density at radius 2 is 1.73 bits per heavy atom. The van der Waals surface area contributed by atoms with Gasteiger partial charge in [0.15, 0.2) is 11.5 Å². The van der Waals surface area contributed by atoms with Crippen LogP contribution in [0.15, 0.2) is 48.5 Å². The second-order valence-corrected chi connectivity index (χ2v) is 5.52. The second-order valence-electron chi connectivity index (χ2n) is 5.12. The van der Waals surface area contributed by atoms with Crippen LogP contribution in [-0.4, -0.2) is 18.1 Å².